The minimum absolute atomic E-state index is 0.0548. The van der Waals surface area contributed by atoms with Crippen LogP contribution in [-0.2, 0) is 4.79 Å². The molecule has 0 atom stereocenters. The molecule has 142 valence electrons. The van der Waals surface area contributed by atoms with Gasteiger partial charge < -0.3 is 4.90 Å². The highest BCUT2D eigenvalue weighted by Crippen LogP contribution is 2.30. The van der Waals surface area contributed by atoms with Crippen molar-refractivity contribution in [1.82, 2.24) is 4.98 Å². The summed E-state index contributed by atoms with van der Waals surface area (Å²) < 4.78 is 14.2. The lowest BCUT2D eigenvalue weighted by molar-refractivity contribution is -0.856. The van der Waals surface area contributed by atoms with E-state index >= 15 is 0 Å². The number of thiazole rings is 1. The zero-order chi connectivity index (χ0) is 19.2. The molecule has 1 aromatic heterocycles. The van der Waals surface area contributed by atoms with Crippen LogP contribution in [0, 0.1) is 5.82 Å². The third-order valence-electron chi connectivity index (χ3n) is 4.03. The van der Waals surface area contributed by atoms with Gasteiger partial charge in [-0.1, -0.05) is 29.5 Å². The molecule has 0 aliphatic heterocycles. The van der Waals surface area contributed by atoms with Gasteiger partial charge in [-0.25, -0.2) is 9.37 Å². The highest BCUT2D eigenvalue weighted by Gasteiger charge is 2.20. The molecule has 0 radical (unpaired) electrons. The minimum atomic E-state index is -0.285. The highest BCUT2D eigenvalue weighted by atomic mass is 32.2. The SMILES string of the molecule is C[NH+](C)CCN(C(=O)CCSc1ccccc1)c1nc2ccc(F)cc2s1. The number of nitrogens with one attached hydrogen (secondary N) is 1. The second-order valence-corrected chi connectivity index (χ2v) is 8.70. The van der Waals surface area contributed by atoms with E-state index in [1.165, 1.54) is 28.4 Å². The number of likely N-dealkylation sites (N-methyl/N-ethyl adjacent to an activating group) is 1. The molecule has 3 aromatic rings. The maximum absolute atomic E-state index is 13.5. The fraction of sp³-hybridized carbons (Fsp3) is 0.300. The summed E-state index contributed by atoms with van der Waals surface area (Å²) >= 11 is 3.04. The number of carbonyl (C=O) groups is 1. The van der Waals surface area contributed by atoms with Crippen molar-refractivity contribution in [3.05, 3.63) is 54.3 Å². The Balaban J connectivity index is 1.71. The van der Waals surface area contributed by atoms with E-state index in [1.54, 1.807) is 22.7 Å². The van der Waals surface area contributed by atoms with E-state index < -0.39 is 0 Å². The molecule has 0 spiro atoms. The maximum Gasteiger partial charge on any atom is 0.229 e. The van der Waals surface area contributed by atoms with Gasteiger partial charge in [0, 0.05) is 17.1 Å². The van der Waals surface area contributed by atoms with Crippen molar-refractivity contribution >= 4 is 44.4 Å². The number of carbonyl (C=O) groups excluding carboxylic acids is 1. The Morgan fingerprint density at radius 2 is 2.00 bits per heavy atom. The second-order valence-electron chi connectivity index (χ2n) is 6.52. The Morgan fingerprint density at radius 3 is 2.74 bits per heavy atom. The van der Waals surface area contributed by atoms with E-state index in [2.05, 4.69) is 19.1 Å². The molecule has 3 rings (SSSR count). The van der Waals surface area contributed by atoms with E-state index in [4.69, 9.17) is 0 Å². The van der Waals surface area contributed by atoms with Crippen LogP contribution in [0.1, 0.15) is 6.42 Å². The summed E-state index contributed by atoms with van der Waals surface area (Å²) in [6.07, 6.45) is 0.437. The molecule has 1 heterocycles. The Kier molecular flexibility index (Phi) is 6.82. The number of thioether (sulfide) groups is 1. The van der Waals surface area contributed by atoms with E-state index in [0.29, 0.717) is 23.8 Å². The lowest BCUT2D eigenvalue weighted by Gasteiger charge is -2.20. The van der Waals surface area contributed by atoms with E-state index in [-0.39, 0.29) is 11.7 Å². The number of anilines is 1. The third kappa shape index (κ3) is 5.51. The molecule has 0 fully saturated rings. The van der Waals surface area contributed by atoms with Crippen molar-refractivity contribution in [3.8, 4) is 0 Å². The van der Waals surface area contributed by atoms with Gasteiger partial charge in [-0.15, -0.1) is 11.8 Å². The van der Waals surface area contributed by atoms with Crippen molar-refractivity contribution in [3.63, 3.8) is 0 Å². The smallest absolute Gasteiger partial charge is 0.229 e. The van der Waals surface area contributed by atoms with Gasteiger partial charge in [0.2, 0.25) is 5.91 Å². The van der Waals surface area contributed by atoms with Crippen molar-refractivity contribution in [2.45, 2.75) is 11.3 Å². The van der Waals surface area contributed by atoms with Gasteiger partial charge in [0.15, 0.2) is 5.13 Å². The Bertz CT molecular complexity index is 899. The van der Waals surface area contributed by atoms with Gasteiger partial charge in [0.1, 0.15) is 5.82 Å². The van der Waals surface area contributed by atoms with Crippen LogP contribution in [0.2, 0.25) is 0 Å². The number of rotatable bonds is 8. The summed E-state index contributed by atoms with van der Waals surface area (Å²) in [6, 6.07) is 14.6. The topological polar surface area (TPSA) is 37.6 Å². The van der Waals surface area contributed by atoms with Crippen molar-refractivity contribution in [2.24, 2.45) is 0 Å². The van der Waals surface area contributed by atoms with E-state index in [9.17, 15) is 9.18 Å². The van der Waals surface area contributed by atoms with Crippen LogP contribution in [0.15, 0.2) is 53.4 Å². The quantitative estimate of drug-likeness (QED) is 0.587. The zero-order valence-corrected chi connectivity index (χ0v) is 17.1. The van der Waals surface area contributed by atoms with E-state index in [0.717, 1.165) is 21.7 Å². The van der Waals surface area contributed by atoms with Gasteiger partial charge in [0.05, 0.1) is 37.4 Å². The summed E-state index contributed by atoms with van der Waals surface area (Å²) in [4.78, 5) is 21.6. The highest BCUT2D eigenvalue weighted by molar-refractivity contribution is 7.99. The van der Waals surface area contributed by atoms with Crippen molar-refractivity contribution in [1.29, 1.82) is 0 Å². The largest absolute Gasteiger partial charge is 0.338 e. The standard InChI is InChI=1S/C20H22FN3OS2/c1-23(2)11-12-24(19(25)10-13-26-16-6-4-3-5-7-16)20-22-17-9-8-15(21)14-18(17)27-20/h3-9,14H,10-13H2,1-2H3/p+1. The average molecular weight is 405 g/mol. The molecule has 1 amide bonds. The molecule has 7 heteroatoms. The molecule has 0 saturated carbocycles. The first-order valence-corrected chi connectivity index (χ1v) is 10.7. The first kappa shape index (κ1) is 19.8. The monoisotopic (exact) mass is 404 g/mol. The lowest BCUT2D eigenvalue weighted by atomic mass is 10.3. The molecule has 0 aliphatic carbocycles. The lowest BCUT2D eigenvalue weighted by Crippen LogP contribution is -3.06. The normalized spacial score (nSPS) is 11.3. The number of hydrogen-bond donors (Lipinski definition) is 1. The minimum Gasteiger partial charge on any atom is -0.338 e. The fourth-order valence-corrected chi connectivity index (χ4v) is 4.47. The van der Waals surface area contributed by atoms with E-state index in [1.807, 2.05) is 30.3 Å². The Morgan fingerprint density at radius 1 is 1.22 bits per heavy atom. The molecule has 0 unspecified atom stereocenters. The van der Waals surface area contributed by atoms with Gasteiger partial charge in [0.25, 0.3) is 0 Å². The van der Waals surface area contributed by atoms with Crippen LogP contribution in [0.4, 0.5) is 9.52 Å². The first-order valence-electron chi connectivity index (χ1n) is 8.86. The first-order chi connectivity index (χ1) is 13.0. The fourth-order valence-electron chi connectivity index (χ4n) is 2.57. The molecular formula is C20H23FN3OS2+. The van der Waals surface area contributed by atoms with Crippen LogP contribution in [-0.4, -0.2) is 43.8 Å². The molecule has 0 saturated heterocycles. The molecule has 0 bridgehead atoms. The summed E-state index contributed by atoms with van der Waals surface area (Å²) in [5, 5.41) is 0.645. The second kappa shape index (κ2) is 9.30. The number of fused-ring (bicyclic) bond motifs is 1. The van der Waals surface area contributed by atoms with Crippen LogP contribution >= 0.6 is 23.1 Å². The Hall–Kier alpha value is -1.96. The molecule has 4 nitrogen and oxygen atoms in total. The van der Waals surface area contributed by atoms with Crippen molar-refractivity contribution in [2.75, 3.05) is 37.8 Å². The molecule has 27 heavy (non-hydrogen) atoms. The zero-order valence-electron chi connectivity index (χ0n) is 15.4. The third-order valence-corrected chi connectivity index (χ3v) is 6.09. The molecular weight excluding hydrogens is 381 g/mol. The average Bonchev–Trinajstić information content (AvgIpc) is 3.05. The number of nitrogens with zero attached hydrogens (tertiary/aromatic N) is 2. The van der Waals surface area contributed by atoms with Gasteiger partial charge in [-0.2, -0.15) is 0 Å². The van der Waals surface area contributed by atoms with Gasteiger partial charge in [-0.05, 0) is 30.3 Å². The molecule has 2 aromatic carbocycles. The predicted molar refractivity (Wildman–Crippen MR) is 111 cm³/mol. The summed E-state index contributed by atoms with van der Waals surface area (Å²) in [5.41, 5.74) is 0.727. The predicted octanol–water partition coefficient (Wildman–Crippen LogP) is 3.10. The summed E-state index contributed by atoms with van der Waals surface area (Å²) in [6.45, 7) is 1.42. The van der Waals surface area contributed by atoms with Crippen LogP contribution in [0.3, 0.4) is 0 Å². The number of benzene rings is 2. The number of quaternary nitrogens is 1. The summed E-state index contributed by atoms with van der Waals surface area (Å²) in [7, 11) is 4.11. The number of amides is 1. The van der Waals surface area contributed by atoms with Gasteiger partial charge in [-0.3, -0.25) is 9.69 Å². The van der Waals surface area contributed by atoms with Crippen LogP contribution in [0.5, 0.6) is 0 Å². The summed E-state index contributed by atoms with van der Waals surface area (Å²) in [5.74, 6) is 0.486. The number of halogens is 1. The number of aromatic nitrogens is 1. The molecule has 0 aliphatic rings. The van der Waals surface area contributed by atoms with Gasteiger partial charge >= 0.3 is 0 Å². The van der Waals surface area contributed by atoms with Crippen LogP contribution in [0.25, 0.3) is 10.2 Å². The number of hydrogen-bond acceptors (Lipinski definition) is 4. The van der Waals surface area contributed by atoms with Crippen LogP contribution < -0.4 is 9.80 Å². The Labute approximate surface area is 167 Å². The van der Waals surface area contributed by atoms with Crippen molar-refractivity contribution < 1.29 is 14.1 Å². The maximum atomic E-state index is 13.5. The molecule has 1 N–H and O–H groups in total.